The van der Waals surface area contributed by atoms with Crippen LogP contribution in [0.15, 0.2) is 97.2 Å². The van der Waals surface area contributed by atoms with Crippen molar-refractivity contribution in [2.45, 2.75) is 76.4 Å². The molecule has 7 rings (SSSR count). The Morgan fingerprint density at radius 2 is 1.53 bits per heavy atom. The van der Waals surface area contributed by atoms with Gasteiger partial charge < -0.3 is 35.8 Å². The number of aromatic nitrogens is 2. The third-order valence-corrected chi connectivity index (χ3v) is 9.82. The van der Waals surface area contributed by atoms with E-state index < -0.39 is 0 Å². The number of hydrogen-bond acceptors (Lipinski definition) is 8. The minimum Gasteiger partial charge on any atom is -0.354 e. The van der Waals surface area contributed by atoms with Gasteiger partial charge in [0, 0.05) is 36.9 Å². The Labute approximate surface area is 348 Å². The number of benzene rings is 3. The number of nitrogens with one attached hydrogen (secondary N) is 5. The summed E-state index contributed by atoms with van der Waals surface area (Å²) in [4.78, 5) is 64.9. The van der Waals surface area contributed by atoms with E-state index in [1.165, 1.54) is 6.42 Å². The van der Waals surface area contributed by atoms with Crippen LogP contribution in [0.4, 0.5) is 0 Å². The second-order valence-electron chi connectivity index (χ2n) is 14.7. The van der Waals surface area contributed by atoms with E-state index >= 15 is 0 Å². The maximum Gasteiger partial charge on any atom is 0.241 e. The molecule has 2 atom stereocenters. The van der Waals surface area contributed by atoms with Gasteiger partial charge in [-0.2, -0.15) is 0 Å². The van der Waals surface area contributed by atoms with Crippen LogP contribution < -0.4 is 21.3 Å². The number of nitrogens with zero attached hydrogens (tertiary/aromatic N) is 2. The van der Waals surface area contributed by atoms with Crippen LogP contribution in [0.2, 0.25) is 0 Å². The molecule has 12 heteroatoms. The third-order valence-electron chi connectivity index (χ3n) is 9.82. The highest BCUT2D eigenvalue weighted by atomic mass is 16.2. The molecule has 2 unspecified atom stereocenters. The summed E-state index contributed by atoms with van der Waals surface area (Å²) in [5.41, 5.74) is 3.68. The summed E-state index contributed by atoms with van der Waals surface area (Å²) in [6, 6.07) is 29.5. The van der Waals surface area contributed by atoms with Crippen molar-refractivity contribution < 1.29 is 24.0 Å². The van der Waals surface area contributed by atoms with Crippen LogP contribution in [-0.2, 0) is 30.5 Å². The lowest BCUT2D eigenvalue weighted by molar-refractivity contribution is -0.124. The van der Waals surface area contributed by atoms with Gasteiger partial charge >= 0.3 is 0 Å². The van der Waals surface area contributed by atoms with Crippen molar-refractivity contribution in [2.75, 3.05) is 33.7 Å². The van der Waals surface area contributed by atoms with Crippen LogP contribution >= 0.6 is 0 Å². The fraction of sp³-hybridized carbons (Fsp3) is 0.404. The van der Waals surface area contributed by atoms with E-state index in [9.17, 15) is 24.0 Å². The first-order chi connectivity index (χ1) is 28.8. The van der Waals surface area contributed by atoms with Crippen LogP contribution in [-0.4, -0.2) is 78.9 Å². The highest BCUT2D eigenvalue weighted by Gasteiger charge is 2.29. The second-order valence-corrected chi connectivity index (χ2v) is 14.7. The maximum absolute atomic E-state index is 12.5. The van der Waals surface area contributed by atoms with Gasteiger partial charge in [0.2, 0.25) is 17.7 Å². The van der Waals surface area contributed by atoms with Gasteiger partial charge in [0.1, 0.15) is 30.1 Å². The molecule has 312 valence electrons. The summed E-state index contributed by atoms with van der Waals surface area (Å²) in [6.07, 6.45) is 12.0. The summed E-state index contributed by atoms with van der Waals surface area (Å²) in [7, 11) is 3.90. The van der Waals surface area contributed by atoms with Gasteiger partial charge in [-0.3, -0.25) is 19.3 Å². The number of hydrogen-bond donors (Lipinski definition) is 5. The first-order valence-corrected chi connectivity index (χ1v) is 20.6. The molecule has 1 aliphatic heterocycles. The van der Waals surface area contributed by atoms with Gasteiger partial charge in [0.25, 0.3) is 0 Å². The van der Waals surface area contributed by atoms with E-state index in [2.05, 4.69) is 55.0 Å². The maximum atomic E-state index is 12.5. The summed E-state index contributed by atoms with van der Waals surface area (Å²) in [6.45, 7) is 2.28. The minimum absolute atomic E-state index is 0.00513. The number of imidazole rings is 1. The average molecular weight is 802 g/mol. The normalized spacial score (nSPS) is 15.7. The molecule has 3 fully saturated rings. The van der Waals surface area contributed by atoms with E-state index in [4.69, 9.17) is 0 Å². The minimum atomic E-state index is -0.380. The first kappa shape index (κ1) is 45.8. The molecule has 3 amide bonds. The molecule has 1 aromatic heterocycles. The lowest BCUT2D eigenvalue weighted by atomic mass is 10.1. The topological polar surface area (TPSA) is 165 Å². The van der Waals surface area contributed by atoms with Crippen molar-refractivity contribution in [2.24, 2.45) is 11.8 Å². The Bertz CT molecular complexity index is 1890. The Balaban J connectivity index is 0.000000308. The molecule has 5 N–H and O–H groups in total. The zero-order valence-electron chi connectivity index (χ0n) is 34.3. The number of rotatable bonds is 15. The van der Waals surface area contributed by atoms with Crippen LogP contribution in [0, 0.1) is 23.7 Å². The van der Waals surface area contributed by atoms with Gasteiger partial charge in [-0.1, -0.05) is 84.8 Å². The Morgan fingerprint density at radius 3 is 2.08 bits per heavy atom. The Hall–Kier alpha value is -5.90. The molecule has 12 nitrogen and oxygen atoms in total. The van der Waals surface area contributed by atoms with Gasteiger partial charge in [-0.05, 0) is 101 Å². The first-order valence-electron chi connectivity index (χ1n) is 20.6. The number of carbonyl (C=O) groups is 5. The van der Waals surface area contributed by atoms with Gasteiger partial charge in [-0.15, -0.1) is 0 Å². The molecule has 59 heavy (non-hydrogen) atoms. The zero-order chi connectivity index (χ0) is 42.1. The second kappa shape index (κ2) is 26.2. The molecular weight excluding hydrogens is 743 g/mol. The quantitative estimate of drug-likeness (QED) is 0.0604. The number of H-pyrrole nitrogens is 1. The lowest BCUT2D eigenvalue weighted by Gasteiger charge is -2.16. The van der Waals surface area contributed by atoms with Crippen molar-refractivity contribution in [3.05, 3.63) is 125 Å². The monoisotopic (exact) mass is 801 g/mol. The number of likely N-dealkylation sites (tertiary alicyclic amines) is 1. The van der Waals surface area contributed by atoms with Gasteiger partial charge in [0.15, 0.2) is 0 Å². The van der Waals surface area contributed by atoms with Crippen molar-refractivity contribution >= 4 is 30.3 Å². The average Bonchev–Trinajstić information content (AvgIpc) is 4.21. The number of carbonyl (C=O) groups excluding carboxylic acids is 5. The highest BCUT2D eigenvalue weighted by Crippen LogP contribution is 2.29. The largest absolute Gasteiger partial charge is 0.354 e. The molecule has 4 aromatic rings. The fourth-order valence-corrected chi connectivity index (χ4v) is 6.03. The van der Waals surface area contributed by atoms with Gasteiger partial charge in [0.05, 0.1) is 18.8 Å². The molecule has 3 aliphatic rings. The van der Waals surface area contributed by atoms with Crippen LogP contribution in [0.3, 0.4) is 0 Å². The molecular formula is C47H59N7O5. The predicted octanol–water partition coefficient (Wildman–Crippen LogP) is 5.43. The summed E-state index contributed by atoms with van der Waals surface area (Å²) < 4.78 is 0. The fourth-order valence-electron chi connectivity index (χ4n) is 6.03. The number of aromatic amines is 1. The Morgan fingerprint density at radius 1 is 0.847 bits per heavy atom. The Kier molecular flexibility index (Phi) is 20.3. The standard InChI is InChI=1S/C31H38N6O2.C6H9NO2.C6H6.C4H6O/c1-32-29(25-9-4-3-5-10-25)31(39)33-19-7-6-12-28(38)34-21-24-15-13-23(14-16-24)17-18-26-22-35-30(36-26)27-11-8-20-37(27)2;8-4-3-7-6(9)5-1-2-5;1-2-4-6-5-3-1;5-3-4-1-2-4/h3-5,9-10,13-16,22,27,29,32H,6-8,11-12,19-21H2,1-2H3,(H,33,39)(H,34,38)(H,35,36);4-5H,1-3H2,(H,7,9);1-6H;3-4H,1-2H2. The summed E-state index contributed by atoms with van der Waals surface area (Å²) in [5, 5.41) is 11.5. The molecule has 3 aromatic carbocycles. The molecule has 0 bridgehead atoms. The number of aldehydes is 2. The van der Waals surface area contributed by atoms with Crippen molar-refractivity contribution in [1.82, 2.24) is 36.1 Å². The lowest BCUT2D eigenvalue weighted by Crippen LogP contribution is -2.36. The smallest absolute Gasteiger partial charge is 0.241 e. The molecule has 0 radical (unpaired) electrons. The van der Waals surface area contributed by atoms with E-state index in [-0.39, 0.29) is 36.2 Å². The molecule has 2 heterocycles. The van der Waals surface area contributed by atoms with Gasteiger partial charge in [-0.25, -0.2) is 4.98 Å². The highest BCUT2D eigenvalue weighted by molar-refractivity contribution is 5.83. The van der Waals surface area contributed by atoms with E-state index in [0.717, 1.165) is 79.6 Å². The third kappa shape index (κ3) is 18.1. The summed E-state index contributed by atoms with van der Waals surface area (Å²) in [5.74, 6) is 7.97. The van der Waals surface area contributed by atoms with Crippen molar-refractivity contribution in [1.29, 1.82) is 0 Å². The number of amides is 3. The number of likely N-dealkylation sites (N-methyl/N-ethyl adjacent to an activating group) is 1. The predicted molar refractivity (Wildman–Crippen MR) is 230 cm³/mol. The van der Waals surface area contributed by atoms with E-state index in [0.29, 0.717) is 44.2 Å². The van der Waals surface area contributed by atoms with E-state index in [1.54, 1.807) is 13.2 Å². The van der Waals surface area contributed by atoms with Crippen LogP contribution in [0.1, 0.15) is 98.1 Å². The zero-order valence-corrected chi connectivity index (χ0v) is 34.3. The van der Waals surface area contributed by atoms with Crippen LogP contribution in [0.5, 0.6) is 0 Å². The molecule has 1 saturated heterocycles. The number of unbranched alkanes of at least 4 members (excludes halogenated alkanes) is 1. The SMILES string of the molecule is CNC(C(=O)NCCCCC(=O)NCc1ccc(C#Cc2cnc(C3CCCN3C)[nH]2)cc1)c1ccccc1.O=CC1CC1.O=CCNC(=O)C1CC1.c1ccccc1. The molecule has 2 saturated carbocycles. The van der Waals surface area contributed by atoms with Crippen LogP contribution in [0.25, 0.3) is 0 Å². The summed E-state index contributed by atoms with van der Waals surface area (Å²) >= 11 is 0. The van der Waals surface area contributed by atoms with Crippen molar-refractivity contribution in [3.63, 3.8) is 0 Å². The van der Waals surface area contributed by atoms with E-state index in [1.807, 2.05) is 91.0 Å². The molecule has 0 spiro atoms. The van der Waals surface area contributed by atoms with Crippen molar-refractivity contribution in [3.8, 4) is 11.8 Å². The molecule has 2 aliphatic carbocycles.